The van der Waals surface area contributed by atoms with Crippen molar-refractivity contribution in [3.63, 3.8) is 0 Å². The molecule has 0 fully saturated rings. The van der Waals surface area contributed by atoms with E-state index in [1.807, 2.05) is 267 Å². The molecule has 0 bridgehead atoms. The highest BCUT2D eigenvalue weighted by molar-refractivity contribution is 6.13. The molecule has 14 aromatic rings. The Kier molecular flexibility index (Phi) is 18.2. The van der Waals surface area contributed by atoms with Crippen LogP contribution in [0.1, 0.15) is 41.4 Å². The van der Waals surface area contributed by atoms with Crippen molar-refractivity contribution in [3.05, 3.63) is 338 Å². The van der Waals surface area contributed by atoms with Crippen LogP contribution in [0.2, 0.25) is 0 Å². The maximum absolute atomic E-state index is 14.8. The molecule has 14 rings (SSSR count). The van der Waals surface area contributed by atoms with Crippen LogP contribution in [0.5, 0.6) is 0 Å². The monoisotopic (exact) mass is 1300 g/mol. The highest BCUT2D eigenvalue weighted by Crippen LogP contribution is 2.38. The third-order valence-electron chi connectivity index (χ3n) is 17.8. The number of carbonyl (C=O) groups is 4. The molecule has 0 saturated carbocycles. The Labute approximate surface area is 579 Å². The minimum atomic E-state index is -0.302. The average Bonchev–Trinajstić information content (AvgIpc) is 0.787. The van der Waals surface area contributed by atoms with Gasteiger partial charge in [-0.25, -0.2) is 0 Å². The van der Waals surface area contributed by atoms with Crippen molar-refractivity contribution in [2.45, 2.75) is 0 Å². The predicted octanol–water partition coefficient (Wildman–Crippen LogP) is 18.2. The molecule has 100 heavy (non-hydrogen) atoms. The standard InChI is InChI=1S/C86H64N10O4/c1-93(69-35-25-57(26-36-69)77-21-9-13-45-87-77)83(97)65-49-63(50-66(53-65)84(98)94(2)70-37-27-58(28-38-70)78-22-10-14-46-88-78)75-19-7-5-17-73(75)61-33-43-81(91-55-61)82-44-34-62(56-92-82)74-18-6-8-20-76(74)64-51-67(85(99)95(3)71-39-29-59(30-40-71)79-23-11-15-47-89-79)54-68(52-64)86(100)96(4)72-41-31-60(32-42-72)80-24-12-16-48-90-80/h5-56H,1-4H3. The minimum absolute atomic E-state index is 0.302. The molecule has 0 aliphatic rings. The molecule has 0 unspecified atom stereocenters. The zero-order chi connectivity index (χ0) is 68.6. The van der Waals surface area contributed by atoms with Crippen LogP contribution in [-0.4, -0.2) is 81.7 Å². The molecule has 0 atom stereocenters. The summed E-state index contributed by atoms with van der Waals surface area (Å²) in [6.07, 6.45) is 10.6. The molecular formula is C86H64N10O4. The van der Waals surface area contributed by atoms with Gasteiger partial charge >= 0.3 is 0 Å². The van der Waals surface area contributed by atoms with Crippen LogP contribution in [0.3, 0.4) is 0 Å². The van der Waals surface area contributed by atoms with E-state index in [-0.39, 0.29) is 23.6 Å². The number of benzene rings is 8. The third kappa shape index (κ3) is 13.6. The third-order valence-corrected chi connectivity index (χ3v) is 17.8. The molecular weight excluding hydrogens is 1240 g/mol. The fraction of sp³-hybridized carbons (Fsp3) is 0.0465. The van der Waals surface area contributed by atoms with Crippen LogP contribution in [0.25, 0.3) is 101 Å². The molecule has 0 saturated heterocycles. The van der Waals surface area contributed by atoms with Gasteiger partial charge in [-0.1, -0.05) is 133 Å². The predicted molar refractivity (Wildman–Crippen MR) is 399 cm³/mol. The maximum Gasteiger partial charge on any atom is 0.258 e. The number of aromatic nitrogens is 6. The van der Waals surface area contributed by atoms with Crippen molar-refractivity contribution >= 4 is 46.4 Å². The van der Waals surface area contributed by atoms with Gasteiger partial charge < -0.3 is 19.6 Å². The summed E-state index contributed by atoms with van der Waals surface area (Å²) in [6, 6.07) is 87.9. The molecule has 0 radical (unpaired) electrons. The Bertz CT molecular complexity index is 4710. The lowest BCUT2D eigenvalue weighted by Gasteiger charge is -2.21. The van der Waals surface area contributed by atoms with Crippen LogP contribution in [-0.2, 0) is 0 Å². The first-order chi connectivity index (χ1) is 48.9. The molecule has 14 heteroatoms. The smallest absolute Gasteiger partial charge is 0.258 e. The number of pyridine rings is 6. The molecule has 4 amide bonds. The molecule has 6 heterocycles. The number of amides is 4. The van der Waals surface area contributed by atoms with Crippen LogP contribution < -0.4 is 19.6 Å². The first-order valence-corrected chi connectivity index (χ1v) is 32.5. The Hall–Kier alpha value is -13.5. The Morgan fingerprint density at radius 2 is 0.450 bits per heavy atom. The Morgan fingerprint density at radius 3 is 0.670 bits per heavy atom. The number of hydrogen-bond donors (Lipinski definition) is 0. The van der Waals surface area contributed by atoms with Crippen LogP contribution in [0.4, 0.5) is 22.7 Å². The van der Waals surface area contributed by atoms with Crippen molar-refractivity contribution in [1.29, 1.82) is 0 Å². The van der Waals surface area contributed by atoms with E-state index >= 15 is 0 Å². The lowest BCUT2D eigenvalue weighted by molar-refractivity contribution is 0.0978. The molecule has 14 nitrogen and oxygen atoms in total. The SMILES string of the molecule is CN(C(=O)c1cc(C(=O)N(C)c2ccc(-c3ccccn3)cc2)cc(-c2ccccc2-c2ccc(-c3ccc(-c4ccccc4-c4cc(C(=O)N(C)c5ccc(-c6ccccn6)cc5)cc(C(=O)N(C)c5ccc(-c6ccccn6)cc5)c4)cn3)nc2)c1)c1ccc(-c2ccccn2)cc1. The number of hydrogen-bond acceptors (Lipinski definition) is 10. The van der Waals surface area contributed by atoms with Gasteiger partial charge in [0.25, 0.3) is 23.6 Å². The zero-order valence-corrected chi connectivity index (χ0v) is 55.1. The summed E-state index contributed by atoms with van der Waals surface area (Å²) in [7, 11) is 6.92. The highest BCUT2D eigenvalue weighted by Gasteiger charge is 2.25. The molecule has 482 valence electrons. The highest BCUT2D eigenvalue weighted by atomic mass is 16.2. The second-order valence-corrected chi connectivity index (χ2v) is 24.1. The number of anilines is 4. The molecule has 0 aliphatic heterocycles. The van der Waals surface area contributed by atoms with Gasteiger partial charge in [0, 0.05) is 144 Å². The summed E-state index contributed by atoms with van der Waals surface area (Å²) in [5.74, 6) is -1.21. The van der Waals surface area contributed by atoms with E-state index in [0.717, 1.165) is 78.4 Å². The van der Waals surface area contributed by atoms with Gasteiger partial charge in [-0.3, -0.25) is 49.1 Å². The van der Waals surface area contributed by atoms with Crippen molar-refractivity contribution < 1.29 is 19.2 Å². The van der Waals surface area contributed by atoms with Gasteiger partial charge in [0.15, 0.2) is 0 Å². The van der Waals surface area contributed by atoms with E-state index in [1.54, 1.807) is 97.1 Å². The molecule has 0 aliphatic carbocycles. The maximum atomic E-state index is 14.8. The van der Waals surface area contributed by atoms with Crippen molar-refractivity contribution in [1.82, 2.24) is 29.9 Å². The van der Waals surface area contributed by atoms with Crippen molar-refractivity contribution in [3.8, 4) is 101 Å². The summed E-state index contributed by atoms with van der Waals surface area (Å²) >= 11 is 0. The van der Waals surface area contributed by atoms with Gasteiger partial charge in [0.05, 0.1) is 34.2 Å². The number of nitrogens with zero attached hydrogens (tertiary/aromatic N) is 10. The van der Waals surface area contributed by atoms with Crippen molar-refractivity contribution in [2.24, 2.45) is 0 Å². The summed E-state index contributed by atoms with van der Waals surface area (Å²) in [5.41, 5.74) is 18.4. The zero-order valence-electron chi connectivity index (χ0n) is 55.1. The van der Waals surface area contributed by atoms with E-state index in [1.165, 1.54) is 0 Å². The normalized spacial score (nSPS) is 11.0. The number of rotatable bonds is 17. The molecule has 6 aromatic heterocycles. The summed E-state index contributed by atoms with van der Waals surface area (Å²) in [5, 5.41) is 0. The second-order valence-electron chi connectivity index (χ2n) is 24.1. The summed E-state index contributed by atoms with van der Waals surface area (Å²) < 4.78 is 0. The molecule has 0 spiro atoms. The topological polar surface area (TPSA) is 159 Å². The Balaban J connectivity index is 0.756. The molecule has 8 aromatic carbocycles. The fourth-order valence-electron chi connectivity index (χ4n) is 12.2. The summed E-state index contributed by atoms with van der Waals surface area (Å²) in [6.45, 7) is 0. The van der Waals surface area contributed by atoms with Gasteiger partial charge in [0.1, 0.15) is 0 Å². The van der Waals surface area contributed by atoms with Gasteiger partial charge in [-0.2, -0.15) is 0 Å². The second kappa shape index (κ2) is 28.5. The van der Waals surface area contributed by atoms with Gasteiger partial charge in [-0.15, -0.1) is 0 Å². The van der Waals surface area contributed by atoms with Gasteiger partial charge in [0.2, 0.25) is 0 Å². The summed E-state index contributed by atoms with van der Waals surface area (Å²) in [4.78, 5) is 93.4. The van der Waals surface area contributed by atoms with Crippen LogP contribution >= 0.6 is 0 Å². The first kappa shape index (κ1) is 63.9. The van der Waals surface area contributed by atoms with E-state index in [9.17, 15) is 19.2 Å². The van der Waals surface area contributed by atoms with E-state index in [4.69, 9.17) is 9.97 Å². The average molecular weight is 1300 g/mol. The lowest BCUT2D eigenvalue weighted by Crippen LogP contribution is -2.28. The van der Waals surface area contributed by atoms with Crippen LogP contribution in [0, 0.1) is 0 Å². The first-order valence-electron chi connectivity index (χ1n) is 32.5. The fourth-order valence-corrected chi connectivity index (χ4v) is 12.2. The Morgan fingerprint density at radius 1 is 0.220 bits per heavy atom. The largest absolute Gasteiger partial charge is 0.311 e. The lowest BCUT2D eigenvalue weighted by atomic mass is 9.92. The molecule has 0 N–H and O–H groups in total. The van der Waals surface area contributed by atoms with Crippen LogP contribution in [0.15, 0.2) is 316 Å². The number of carbonyl (C=O) groups excluding carboxylic acids is 4. The van der Waals surface area contributed by atoms with E-state index < -0.39 is 0 Å². The quantitative estimate of drug-likeness (QED) is 0.0859. The minimum Gasteiger partial charge on any atom is -0.311 e. The van der Waals surface area contributed by atoms with E-state index in [0.29, 0.717) is 67.5 Å². The van der Waals surface area contributed by atoms with E-state index in [2.05, 4.69) is 19.9 Å². The van der Waals surface area contributed by atoms with Gasteiger partial charge in [-0.05, 0) is 179 Å². The van der Waals surface area contributed by atoms with Crippen molar-refractivity contribution in [2.75, 3.05) is 47.8 Å².